The molecule has 0 aliphatic heterocycles. The van der Waals surface area contributed by atoms with Crippen LogP contribution in [-0.4, -0.2) is 27.5 Å². The molecular formula is C16H24N2O3S. The summed E-state index contributed by atoms with van der Waals surface area (Å²) in [5.41, 5.74) is -0.367. The number of hydrogen-bond acceptors (Lipinski definition) is 4. The van der Waals surface area contributed by atoms with E-state index < -0.39 is 11.5 Å². The summed E-state index contributed by atoms with van der Waals surface area (Å²) in [6.45, 7) is 4.15. The number of carboxylic acids is 1. The molecule has 2 N–H and O–H groups in total. The van der Waals surface area contributed by atoms with Crippen molar-refractivity contribution in [3.05, 3.63) is 16.1 Å². The predicted molar refractivity (Wildman–Crippen MR) is 86.0 cm³/mol. The first-order chi connectivity index (χ1) is 10.5. The van der Waals surface area contributed by atoms with Crippen LogP contribution in [0.3, 0.4) is 0 Å². The molecular weight excluding hydrogens is 300 g/mol. The van der Waals surface area contributed by atoms with Crippen LogP contribution in [0.5, 0.6) is 0 Å². The number of amides is 1. The summed E-state index contributed by atoms with van der Waals surface area (Å²) >= 11 is 1.54. The van der Waals surface area contributed by atoms with Crippen LogP contribution in [0.1, 0.15) is 56.7 Å². The molecule has 0 saturated heterocycles. The minimum absolute atomic E-state index is 0.155. The van der Waals surface area contributed by atoms with E-state index in [0.717, 1.165) is 36.4 Å². The Labute approximate surface area is 135 Å². The van der Waals surface area contributed by atoms with Gasteiger partial charge >= 0.3 is 5.97 Å². The lowest BCUT2D eigenvalue weighted by molar-refractivity contribution is -0.149. The van der Waals surface area contributed by atoms with E-state index in [4.69, 9.17) is 0 Å². The zero-order chi connectivity index (χ0) is 16.2. The molecule has 122 valence electrons. The van der Waals surface area contributed by atoms with Crippen LogP contribution >= 0.6 is 11.3 Å². The van der Waals surface area contributed by atoms with Crippen molar-refractivity contribution >= 4 is 23.2 Å². The number of aliphatic carboxylic acids is 1. The van der Waals surface area contributed by atoms with Crippen molar-refractivity contribution in [2.24, 2.45) is 5.92 Å². The second-order valence-electron chi connectivity index (χ2n) is 6.05. The molecule has 1 saturated carbocycles. The van der Waals surface area contributed by atoms with E-state index in [9.17, 15) is 14.7 Å². The molecule has 22 heavy (non-hydrogen) atoms. The highest BCUT2D eigenvalue weighted by Crippen LogP contribution is 2.34. The lowest BCUT2D eigenvalue weighted by atomic mass is 9.75. The molecule has 1 aromatic heterocycles. The van der Waals surface area contributed by atoms with Gasteiger partial charge in [-0.25, -0.2) is 9.78 Å². The Hall–Kier alpha value is -1.43. The SMILES string of the molecule is CCc1nc(CC(=O)NC2(C(=O)O)CCC(CC)CC2)cs1. The van der Waals surface area contributed by atoms with Crippen molar-refractivity contribution in [3.63, 3.8) is 0 Å². The Morgan fingerprint density at radius 2 is 2.09 bits per heavy atom. The van der Waals surface area contributed by atoms with Gasteiger partial charge in [-0.15, -0.1) is 11.3 Å². The van der Waals surface area contributed by atoms with E-state index in [-0.39, 0.29) is 12.3 Å². The normalized spacial score (nSPS) is 24.9. The van der Waals surface area contributed by atoms with E-state index in [1.807, 2.05) is 12.3 Å². The number of aryl methyl sites for hydroxylation is 1. The van der Waals surface area contributed by atoms with Gasteiger partial charge in [-0.1, -0.05) is 20.3 Å². The molecule has 0 bridgehead atoms. The molecule has 1 heterocycles. The zero-order valence-corrected chi connectivity index (χ0v) is 14.0. The number of nitrogens with zero attached hydrogens (tertiary/aromatic N) is 1. The Morgan fingerprint density at radius 1 is 1.41 bits per heavy atom. The fourth-order valence-electron chi connectivity index (χ4n) is 3.04. The van der Waals surface area contributed by atoms with Crippen LogP contribution < -0.4 is 5.32 Å². The quantitative estimate of drug-likeness (QED) is 0.843. The van der Waals surface area contributed by atoms with Gasteiger partial charge in [0.2, 0.25) is 5.91 Å². The smallest absolute Gasteiger partial charge is 0.329 e. The summed E-state index contributed by atoms with van der Waals surface area (Å²) in [6, 6.07) is 0. The van der Waals surface area contributed by atoms with Gasteiger partial charge in [-0.2, -0.15) is 0 Å². The predicted octanol–water partition coefficient (Wildman–Crippen LogP) is 2.79. The second-order valence-corrected chi connectivity index (χ2v) is 6.99. The van der Waals surface area contributed by atoms with Gasteiger partial charge in [0.15, 0.2) is 0 Å². The van der Waals surface area contributed by atoms with E-state index >= 15 is 0 Å². The molecule has 0 atom stereocenters. The van der Waals surface area contributed by atoms with Gasteiger partial charge in [0.05, 0.1) is 17.1 Å². The maximum absolute atomic E-state index is 12.2. The Balaban J connectivity index is 1.99. The largest absolute Gasteiger partial charge is 0.480 e. The number of aromatic nitrogens is 1. The third kappa shape index (κ3) is 3.85. The lowest BCUT2D eigenvalue weighted by Crippen LogP contribution is -2.56. The zero-order valence-electron chi connectivity index (χ0n) is 13.2. The van der Waals surface area contributed by atoms with Crippen molar-refractivity contribution in [3.8, 4) is 0 Å². The standard InChI is InChI=1S/C16H24N2O3S/c1-3-11-5-7-16(8-6-11,15(20)21)18-13(19)9-12-10-22-14(4-2)17-12/h10-11H,3-9H2,1-2H3,(H,18,19)(H,20,21). The molecule has 1 fully saturated rings. The number of hydrogen-bond donors (Lipinski definition) is 2. The summed E-state index contributed by atoms with van der Waals surface area (Å²) in [6.07, 6.45) is 4.84. The van der Waals surface area contributed by atoms with Gasteiger partial charge in [0, 0.05) is 5.38 Å². The number of carbonyl (C=O) groups is 2. The van der Waals surface area contributed by atoms with E-state index in [1.54, 1.807) is 0 Å². The van der Waals surface area contributed by atoms with Crippen LogP contribution in [0.4, 0.5) is 0 Å². The first kappa shape index (κ1) is 16.9. The van der Waals surface area contributed by atoms with Crippen molar-refractivity contribution in [1.29, 1.82) is 0 Å². The number of nitrogens with one attached hydrogen (secondary N) is 1. The minimum atomic E-state index is -1.09. The molecule has 0 radical (unpaired) electrons. The van der Waals surface area contributed by atoms with E-state index in [1.165, 1.54) is 11.3 Å². The molecule has 2 rings (SSSR count). The van der Waals surface area contributed by atoms with Gasteiger partial charge in [0.1, 0.15) is 5.54 Å². The van der Waals surface area contributed by atoms with Gasteiger partial charge in [-0.3, -0.25) is 4.79 Å². The highest BCUT2D eigenvalue weighted by atomic mass is 32.1. The number of carboxylic acid groups (broad SMARTS) is 1. The second kappa shape index (κ2) is 7.22. The molecule has 1 amide bonds. The molecule has 0 unspecified atom stereocenters. The third-order valence-electron chi connectivity index (χ3n) is 4.57. The summed E-state index contributed by atoms with van der Waals surface area (Å²) in [5.74, 6) is -0.580. The van der Waals surface area contributed by atoms with Crippen LogP contribution in [-0.2, 0) is 22.4 Å². The Bertz CT molecular complexity index is 533. The molecule has 0 spiro atoms. The van der Waals surface area contributed by atoms with Gasteiger partial charge in [-0.05, 0) is 38.0 Å². The third-order valence-corrected chi connectivity index (χ3v) is 5.61. The Kier molecular flexibility index (Phi) is 5.56. The first-order valence-corrected chi connectivity index (χ1v) is 8.84. The molecule has 1 aliphatic carbocycles. The maximum Gasteiger partial charge on any atom is 0.329 e. The first-order valence-electron chi connectivity index (χ1n) is 7.96. The summed E-state index contributed by atoms with van der Waals surface area (Å²) in [4.78, 5) is 28.3. The maximum atomic E-state index is 12.2. The summed E-state index contributed by atoms with van der Waals surface area (Å²) in [7, 11) is 0. The molecule has 6 heteroatoms. The number of thiazole rings is 1. The highest BCUT2D eigenvalue weighted by Gasteiger charge is 2.42. The average Bonchev–Trinajstić information content (AvgIpc) is 2.95. The topological polar surface area (TPSA) is 79.3 Å². The lowest BCUT2D eigenvalue weighted by Gasteiger charge is -2.37. The number of carbonyl (C=O) groups excluding carboxylic acids is 1. The fourth-order valence-corrected chi connectivity index (χ4v) is 3.78. The molecule has 1 aliphatic rings. The monoisotopic (exact) mass is 324 g/mol. The fraction of sp³-hybridized carbons (Fsp3) is 0.688. The molecule has 0 aromatic carbocycles. The van der Waals surface area contributed by atoms with Crippen molar-refractivity contribution in [1.82, 2.24) is 10.3 Å². The number of rotatable bonds is 6. The molecule has 1 aromatic rings. The summed E-state index contributed by atoms with van der Waals surface area (Å²) < 4.78 is 0. The van der Waals surface area contributed by atoms with Gasteiger partial charge < -0.3 is 10.4 Å². The van der Waals surface area contributed by atoms with Crippen LogP contribution in [0, 0.1) is 5.92 Å². The van der Waals surface area contributed by atoms with E-state index in [0.29, 0.717) is 18.8 Å². The van der Waals surface area contributed by atoms with Crippen molar-refractivity contribution in [2.75, 3.05) is 0 Å². The van der Waals surface area contributed by atoms with Crippen LogP contribution in [0.2, 0.25) is 0 Å². The van der Waals surface area contributed by atoms with Gasteiger partial charge in [0.25, 0.3) is 0 Å². The van der Waals surface area contributed by atoms with Crippen LogP contribution in [0.25, 0.3) is 0 Å². The average molecular weight is 324 g/mol. The van der Waals surface area contributed by atoms with E-state index in [2.05, 4.69) is 17.2 Å². The van der Waals surface area contributed by atoms with Crippen molar-refractivity contribution < 1.29 is 14.7 Å². The Morgan fingerprint density at radius 3 is 2.59 bits per heavy atom. The highest BCUT2D eigenvalue weighted by molar-refractivity contribution is 7.09. The minimum Gasteiger partial charge on any atom is -0.480 e. The molecule has 5 nitrogen and oxygen atoms in total. The van der Waals surface area contributed by atoms with Crippen molar-refractivity contribution in [2.45, 2.75) is 64.3 Å². The summed E-state index contributed by atoms with van der Waals surface area (Å²) in [5, 5.41) is 15.2. The van der Waals surface area contributed by atoms with Crippen LogP contribution in [0.15, 0.2) is 5.38 Å².